The van der Waals surface area contributed by atoms with E-state index in [9.17, 15) is 14.0 Å². The minimum absolute atomic E-state index is 0.341. The van der Waals surface area contributed by atoms with Gasteiger partial charge in [-0.25, -0.2) is 9.29 Å². The minimum Gasteiger partial charge on any atom is -0.373 e. The summed E-state index contributed by atoms with van der Waals surface area (Å²) in [6.45, 7) is 1.91. The Kier molecular flexibility index (Phi) is 4.44. The van der Waals surface area contributed by atoms with Crippen LogP contribution in [0, 0.1) is 12.7 Å². The number of nitrogens with zero attached hydrogens (tertiary/aromatic N) is 1. The second-order valence-corrected chi connectivity index (χ2v) is 8.31. The predicted molar refractivity (Wildman–Crippen MR) is 116 cm³/mol. The number of anilines is 2. The van der Waals surface area contributed by atoms with E-state index < -0.39 is 11.9 Å². The number of nitrogens with one attached hydrogen (secondary N) is 1. The number of hydrogen-bond donors (Lipinski definition) is 1. The van der Waals surface area contributed by atoms with Crippen molar-refractivity contribution in [2.75, 3.05) is 10.2 Å². The number of fused-ring (bicyclic) bond motifs is 1. The van der Waals surface area contributed by atoms with Gasteiger partial charge in [0.15, 0.2) is 0 Å². The van der Waals surface area contributed by atoms with Crippen molar-refractivity contribution >= 4 is 35.0 Å². The number of thioether (sulfide) groups is 1. The van der Waals surface area contributed by atoms with Crippen molar-refractivity contribution in [3.8, 4) is 0 Å². The van der Waals surface area contributed by atoms with Crippen LogP contribution in [0.1, 0.15) is 17.2 Å². The minimum atomic E-state index is -0.641. The summed E-state index contributed by atoms with van der Waals surface area (Å²) in [7, 11) is 0. The highest BCUT2D eigenvalue weighted by molar-refractivity contribution is 8.04. The number of hydrogen-bond acceptors (Lipinski definition) is 4. The molecule has 0 aliphatic carbocycles. The van der Waals surface area contributed by atoms with E-state index in [4.69, 9.17) is 0 Å². The third-order valence-electron chi connectivity index (χ3n) is 5.20. The standard InChI is InChI=1S/C24H17FN2O2S/c1-14-6-4-9-17(12-14)27-23(28)20-21(15-7-5-8-16(25)13-15)26-18-10-2-3-11-19(18)30-22(20)24(27)29/h2-13,21,26H,1H3/t21-/m0/s1. The van der Waals surface area contributed by atoms with E-state index in [1.807, 2.05) is 49.4 Å². The highest BCUT2D eigenvalue weighted by Crippen LogP contribution is 2.48. The molecule has 0 spiro atoms. The molecule has 4 nitrogen and oxygen atoms in total. The monoisotopic (exact) mass is 416 g/mol. The number of amides is 2. The highest BCUT2D eigenvalue weighted by Gasteiger charge is 2.45. The van der Waals surface area contributed by atoms with Gasteiger partial charge in [-0.3, -0.25) is 9.59 Å². The zero-order valence-corrected chi connectivity index (χ0v) is 16.9. The van der Waals surface area contributed by atoms with Crippen LogP contribution in [0.4, 0.5) is 15.8 Å². The van der Waals surface area contributed by atoms with Gasteiger partial charge in [-0.15, -0.1) is 0 Å². The van der Waals surface area contributed by atoms with Crippen LogP contribution in [0.2, 0.25) is 0 Å². The molecular formula is C24H17FN2O2S. The summed E-state index contributed by atoms with van der Waals surface area (Å²) in [5.41, 5.74) is 3.21. The SMILES string of the molecule is Cc1cccc(N2C(=O)C3=C(C2=O)[C@H](c2cccc(F)c2)Nc2ccccc2S3)c1. The van der Waals surface area contributed by atoms with Crippen LogP contribution in [-0.2, 0) is 9.59 Å². The molecule has 3 aromatic carbocycles. The van der Waals surface area contributed by atoms with Crippen molar-refractivity contribution in [1.82, 2.24) is 0 Å². The first-order valence-corrected chi connectivity index (χ1v) is 10.3. The van der Waals surface area contributed by atoms with E-state index in [0.717, 1.165) is 16.1 Å². The van der Waals surface area contributed by atoms with Crippen molar-refractivity contribution < 1.29 is 14.0 Å². The second-order valence-electron chi connectivity index (χ2n) is 7.26. The lowest BCUT2D eigenvalue weighted by atomic mass is 9.98. The van der Waals surface area contributed by atoms with Gasteiger partial charge in [0.25, 0.3) is 11.8 Å². The molecule has 6 heteroatoms. The Balaban J connectivity index is 1.68. The zero-order valence-electron chi connectivity index (χ0n) is 16.1. The van der Waals surface area contributed by atoms with Gasteiger partial charge < -0.3 is 5.32 Å². The lowest BCUT2D eigenvalue weighted by Crippen LogP contribution is -2.33. The molecule has 0 saturated carbocycles. The van der Waals surface area contributed by atoms with Gasteiger partial charge in [-0.2, -0.15) is 0 Å². The number of para-hydroxylation sites is 1. The molecule has 30 heavy (non-hydrogen) atoms. The number of carbonyl (C=O) groups is 2. The molecular weight excluding hydrogens is 399 g/mol. The van der Waals surface area contributed by atoms with Crippen molar-refractivity contribution in [2.24, 2.45) is 0 Å². The summed E-state index contributed by atoms with van der Waals surface area (Å²) in [6, 6.07) is 20.3. The lowest BCUT2D eigenvalue weighted by Gasteiger charge is -2.22. The number of benzene rings is 3. The number of aryl methyl sites for hydroxylation is 1. The van der Waals surface area contributed by atoms with Crippen molar-refractivity contribution in [2.45, 2.75) is 17.9 Å². The summed E-state index contributed by atoms with van der Waals surface area (Å²) in [5, 5.41) is 3.36. The van der Waals surface area contributed by atoms with Gasteiger partial charge in [-0.05, 0) is 54.4 Å². The van der Waals surface area contributed by atoms with Crippen LogP contribution < -0.4 is 10.2 Å². The molecule has 148 valence electrons. The van der Waals surface area contributed by atoms with Crippen LogP contribution in [-0.4, -0.2) is 11.8 Å². The maximum absolute atomic E-state index is 14.0. The van der Waals surface area contributed by atoms with Crippen LogP contribution >= 0.6 is 11.8 Å². The van der Waals surface area contributed by atoms with E-state index in [2.05, 4.69) is 5.32 Å². The quantitative estimate of drug-likeness (QED) is 0.582. The van der Waals surface area contributed by atoms with Gasteiger partial charge >= 0.3 is 0 Å². The number of halogens is 1. The zero-order chi connectivity index (χ0) is 20.8. The molecule has 2 heterocycles. The van der Waals surface area contributed by atoms with Gasteiger partial charge in [-0.1, -0.05) is 48.2 Å². The van der Waals surface area contributed by atoms with Crippen molar-refractivity contribution in [3.63, 3.8) is 0 Å². The third kappa shape index (κ3) is 3.00. The highest BCUT2D eigenvalue weighted by atomic mass is 32.2. The Morgan fingerprint density at radius 2 is 1.73 bits per heavy atom. The Hall–Kier alpha value is -3.38. The Bertz CT molecular complexity index is 1240. The topological polar surface area (TPSA) is 49.4 Å². The predicted octanol–water partition coefficient (Wildman–Crippen LogP) is 5.22. The Morgan fingerprint density at radius 3 is 2.53 bits per heavy atom. The molecule has 0 saturated heterocycles. The Labute approximate surface area is 177 Å². The molecule has 2 aliphatic heterocycles. The molecule has 1 N–H and O–H groups in total. The van der Waals surface area contributed by atoms with E-state index in [1.54, 1.807) is 18.2 Å². The first-order chi connectivity index (χ1) is 14.5. The van der Waals surface area contributed by atoms with Crippen LogP contribution in [0.3, 0.4) is 0 Å². The number of carbonyl (C=O) groups excluding carboxylic acids is 2. The van der Waals surface area contributed by atoms with Crippen LogP contribution in [0.15, 0.2) is 88.2 Å². The molecule has 2 amide bonds. The second kappa shape index (κ2) is 7.15. The third-order valence-corrected chi connectivity index (χ3v) is 6.38. The lowest BCUT2D eigenvalue weighted by molar-refractivity contribution is -0.120. The number of imide groups is 1. The average Bonchev–Trinajstić information content (AvgIpc) is 2.88. The van der Waals surface area contributed by atoms with Gasteiger partial charge in [0, 0.05) is 10.6 Å². The molecule has 3 aromatic rings. The fourth-order valence-electron chi connectivity index (χ4n) is 3.83. The first kappa shape index (κ1) is 18.6. The van der Waals surface area contributed by atoms with E-state index >= 15 is 0 Å². The largest absolute Gasteiger partial charge is 0.373 e. The van der Waals surface area contributed by atoms with Crippen LogP contribution in [0.25, 0.3) is 0 Å². The van der Waals surface area contributed by atoms with Crippen LogP contribution in [0.5, 0.6) is 0 Å². The first-order valence-electron chi connectivity index (χ1n) is 9.51. The summed E-state index contributed by atoms with van der Waals surface area (Å²) in [4.78, 5) is 29.4. The van der Waals surface area contributed by atoms with Gasteiger partial charge in [0.2, 0.25) is 0 Å². The Morgan fingerprint density at radius 1 is 0.933 bits per heavy atom. The summed E-state index contributed by atoms with van der Waals surface area (Å²) in [5.74, 6) is -1.14. The summed E-state index contributed by atoms with van der Waals surface area (Å²) < 4.78 is 14.0. The normalized spacial score (nSPS) is 18.1. The molecule has 2 aliphatic rings. The molecule has 0 aromatic heterocycles. The molecule has 0 radical (unpaired) electrons. The van der Waals surface area contributed by atoms with E-state index in [1.165, 1.54) is 28.8 Å². The fraction of sp³-hybridized carbons (Fsp3) is 0.0833. The molecule has 0 fully saturated rings. The summed E-state index contributed by atoms with van der Waals surface area (Å²) in [6.07, 6.45) is 0. The van der Waals surface area contributed by atoms with Crippen molar-refractivity contribution in [3.05, 3.63) is 100 Å². The molecule has 0 bridgehead atoms. The average molecular weight is 416 g/mol. The molecule has 5 rings (SSSR count). The number of rotatable bonds is 2. The fourth-order valence-corrected chi connectivity index (χ4v) is 4.93. The smallest absolute Gasteiger partial charge is 0.272 e. The van der Waals surface area contributed by atoms with Gasteiger partial charge in [0.1, 0.15) is 5.82 Å². The van der Waals surface area contributed by atoms with E-state index in [0.29, 0.717) is 21.7 Å². The maximum Gasteiger partial charge on any atom is 0.272 e. The van der Waals surface area contributed by atoms with Crippen molar-refractivity contribution in [1.29, 1.82) is 0 Å². The molecule has 0 unspecified atom stereocenters. The summed E-state index contributed by atoms with van der Waals surface area (Å²) >= 11 is 1.28. The molecule has 1 atom stereocenters. The maximum atomic E-state index is 14.0. The van der Waals surface area contributed by atoms with Gasteiger partial charge in [0.05, 0.1) is 22.2 Å². The van der Waals surface area contributed by atoms with E-state index in [-0.39, 0.29) is 11.8 Å².